The molecular weight excluding hydrogens is 417 g/mol. The third kappa shape index (κ3) is 4.34. The van der Waals surface area contributed by atoms with E-state index in [2.05, 4.69) is 10.3 Å². The van der Waals surface area contributed by atoms with Crippen molar-refractivity contribution in [3.8, 4) is 16.9 Å². The van der Waals surface area contributed by atoms with Crippen LogP contribution >= 0.6 is 11.3 Å². The Hall–Kier alpha value is -3.52. The van der Waals surface area contributed by atoms with E-state index in [1.165, 1.54) is 34.4 Å². The first-order valence-electron chi connectivity index (χ1n) is 9.73. The maximum Gasteiger partial charge on any atom is 0.263 e. The van der Waals surface area contributed by atoms with Gasteiger partial charge in [0.2, 0.25) is 5.91 Å². The van der Waals surface area contributed by atoms with Gasteiger partial charge in [0, 0.05) is 16.1 Å². The predicted octanol–water partition coefficient (Wildman–Crippen LogP) is 4.61. The molecule has 31 heavy (non-hydrogen) atoms. The molecule has 0 spiro atoms. The first kappa shape index (κ1) is 20.7. The van der Waals surface area contributed by atoms with Crippen LogP contribution in [0.4, 0.5) is 10.1 Å². The Bertz CT molecular complexity index is 1290. The number of fused-ring (bicyclic) bond motifs is 1. The molecule has 2 aromatic carbocycles. The minimum absolute atomic E-state index is 0.174. The Morgan fingerprint density at radius 2 is 1.87 bits per heavy atom. The zero-order valence-corrected chi connectivity index (χ0v) is 17.8. The monoisotopic (exact) mass is 437 g/mol. The number of anilines is 1. The number of amides is 1. The molecule has 158 valence electrons. The molecule has 1 amide bonds. The summed E-state index contributed by atoms with van der Waals surface area (Å²) in [6, 6.07) is 13.0. The molecule has 2 heterocycles. The number of hydrogen-bond acceptors (Lipinski definition) is 5. The molecule has 1 N–H and O–H groups in total. The van der Waals surface area contributed by atoms with Crippen LogP contribution in [-0.2, 0) is 11.3 Å². The van der Waals surface area contributed by atoms with Crippen molar-refractivity contribution in [1.82, 2.24) is 9.55 Å². The molecule has 4 aromatic rings. The number of benzene rings is 2. The van der Waals surface area contributed by atoms with E-state index < -0.39 is 0 Å². The Balaban J connectivity index is 1.62. The Labute approximate surface area is 181 Å². The highest BCUT2D eigenvalue weighted by molar-refractivity contribution is 7.19. The van der Waals surface area contributed by atoms with Gasteiger partial charge in [0.25, 0.3) is 5.56 Å². The summed E-state index contributed by atoms with van der Waals surface area (Å²) >= 11 is 1.40. The summed E-state index contributed by atoms with van der Waals surface area (Å²) in [5, 5.41) is 3.21. The van der Waals surface area contributed by atoms with Crippen molar-refractivity contribution in [1.29, 1.82) is 0 Å². The molecule has 0 radical (unpaired) electrons. The second-order valence-corrected chi connectivity index (χ2v) is 8.11. The highest BCUT2D eigenvalue weighted by atomic mass is 32.1. The van der Waals surface area contributed by atoms with Gasteiger partial charge in [-0.05, 0) is 55.8 Å². The number of rotatable bonds is 6. The number of carbonyl (C=O) groups excluding carboxylic acids is 1. The fourth-order valence-corrected chi connectivity index (χ4v) is 4.37. The number of hydrogen-bond donors (Lipinski definition) is 1. The second kappa shape index (κ2) is 8.69. The van der Waals surface area contributed by atoms with Crippen LogP contribution in [0.3, 0.4) is 0 Å². The number of nitrogens with one attached hydrogen (secondary N) is 1. The molecule has 0 bridgehead atoms. The lowest BCUT2D eigenvalue weighted by Gasteiger charge is -2.09. The van der Waals surface area contributed by atoms with Gasteiger partial charge in [0.15, 0.2) is 0 Å². The van der Waals surface area contributed by atoms with Crippen molar-refractivity contribution in [2.45, 2.75) is 20.4 Å². The number of halogens is 1. The average molecular weight is 437 g/mol. The van der Waals surface area contributed by atoms with Gasteiger partial charge < -0.3 is 10.1 Å². The maximum atomic E-state index is 13.3. The third-order valence-electron chi connectivity index (χ3n) is 4.75. The van der Waals surface area contributed by atoms with E-state index in [0.717, 1.165) is 16.0 Å². The largest absolute Gasteiger partial charge is 0.494 e. The highest BCUT2D eigenvalue weighted by Crippen LogP contribution is 2.35. The summed E-state index contributed by atoms with van der Waals surface area (Å²) in [5.74, 6) is 0.0256. The van der Waals surface area contributed by atoms with Crippen LogP contribution in [0, 0.1) is 12.7 Å². The molecule has 0 unspecified atom stereocenters. The molecule has 6 nitrogen and oxygen atoms in total. The quantitative estimate of drug-likeness (QED) is 0.478. The van der Waals surface area contributed by atoms with E-state index in [9.17, 15) is 14.0 Å². The van der Waals surface area contributed by atoms with Crippen molar-refractivity contribution in [3.05, 3.63) is 75.9 Å². The van der Waals surface area contributed by atoms with Gasteiger partial charge in [-0.1, -0.05) is 12.1 Å². The van der Waals surface area contributed by atoms with Gasteiger partial charge in [-0.2, -0.15) is 0 Å². The number of thiophene rings is 1. The summed E-state index contributed by atoms with van der Waals surface area (Å²) in [6.07, 6.45) is 1.38. The summed E-state index contributed by atoms with van der Waals surface area (Å²) < 4.78 is 20.0. The molecule has 2 aromatic heterocycles. The lowest BCUT2D eigenvalue weighted by molar-refractivity contribution is -0.116. The van der Waals surface area contributed by atoms with E-state index in [0.29, 0.717) is 28.3 Å². The van der Waals surface area contributed by atoms with Crippen LogP contribution in [0.25, 0.3) is 21.3 Å². The fourth-order valence-electron chi connectivity index (χ4n) is 3.37. The first-order valence-corrected chi connectivity index (χ1v) is 10.5. The molecular formula is C23H20FN3O3S. The molecule has 0 atom stereocenters. The van der Waals surface area contributed by atoms with Gasteiger partial charge >= 0.3 is 0 Å². The molecule has 0 saturated carbocycles. The molecule has 0 aliphatic carbocycles. The van der Waals surface area contributed by atoms with Crippen LogP contribution in [-0.4, -0.2) is 22.1 Å². The van der Waals surface area contributed by atoms with Crippen molar-refractivity contribution in [2.24, 2.45) is 0 Å². The molecule has 0 aliphatic rings. The summed E-state index contributed by atoms with van der Waals surface area (Å²) in [5.41, 5.74) is 1.75. The van der Waals surface area contributed by atoms with Crippen molar-refractivity contribution in [2.75, 3.05) is 11.9 Å². The van der Waals surface area contributed by atoms with Gasteiger partial charge in [-0.15, -0.1) is 11.3 Å². The molecule has 4 rings (SSSR count). The van der Waals surface area contributed by atoms with Gasteiger partial charge in [0.1, 0.15) is 22.9 Å². The number of aryl methyl sites for hydroxylation is 1. The zero-order chi connectivity index (χ0) is 22.0. The van der Waals surface area contributed by atoms with E-state index >= 15 is 0 Å². The molecule has 0 saturated heterocycles. The first-order chi connectivity index (χ1) is 15.0. The molecule has 8 heteroatoms. The van der Waals surface area contributed by atoms with Crippen LogP contribution in [0.15, 0.2) is 59.7 Å². The van der Waals surface area contributed by atoms with Crippen LogP contribution in [0.5, 0.6) is 5.75 Å². The SMILES string of the molecule is CCOc1ccc(NC(=O)Cn2cnc3sc(C)c(-c4ccc(F)cc4)c3c2=O)cc1. The summed E-state index contributed by atoms with van der Waals surface area (Å²) in [6.45, 7) is 4.18. The van der Waals surface area contributed by atoms with E-state index in [1.54, 1.807) is 36.4 Å². The van der Waals surface area contributed by atoms with Crippen LogP contribution in [0.1, 0.15) is 11.8 Å². The van der Waals surface area contributed by atoms with E-state index in [1.807, 2.05) is 13.8 Å². The average Bonchev–Trinajstić information content (AvgIpc) is 3.09. The number of nitrogens with zero attached hydrogens (tertiary/aromatic N) is 2. The highest BCUT2D eigenvalue weighted by Gasteiger charge is 2.18. The number of ether oxygens (including phenoxy) is 1. The third-order valence-corrected chi connectivity index (χ3v) is 5.76. The smallest absolute Gasteiger partial charge is 0.263 e. The Kier molecular flexibility index (Phi) is 5.81. The van der Waals surface area contributed by atoms with E-state index in [-0.39, 0.29) is 23.8 Å². The van der Waals surface area contributed by atoms with Gasteiger partial charge in [-0.3, -0.25) is 14.2 Å². The standard InChI is InChI=1S/C23H20FN3O3S/c1-3-30-18-10-8-17(9-11-18)26-19(28)12-27-13-25-22-21(23(27)29)20(14(2)31-22)15-4-6-16(24)7-5-15/h4-11,13H,3,12H2,1-2H3,(H,26,28). The Morgan fingerprint density at radius 3 is 2.55 bits per heavy atom. The van der Waals surface area contributed by atoms with Crippen molar-refractivity contribution < 1.29 is 13.9 Å². The van der Waals surface area contributed by atoms with E-state index in [4.69, 9.17) is 4.74 Å². The minimum Gasteiger partial charge on any atom is -0.494 e. The summed E-state index contributed by atoms with van der Waals surface area (Å²) in [4.78, 5) is 31.5. The molecule has 0 fully saturated rings. The van der Waals surface area contributed by atoms with Crippen LogP contribution < -0.4 is 15.6 Å². The van der Waals surface area contributed by atoms with Gasteiger partial charge in [-0.25, -0.2) is 9.37 Å². The second-order valence-electron chi connectivity index (χ2n) is 6.90. The predicted molar refractivity (Wildman–Crippen MR) is 120 cm³/mol. The lowest BCUT2D eigenvalue weighted by atomic mass is 10.0. The molecule has 0 aliphatic heterocycles. The number of aromatic nitrogens is 2. The zero-order valence-electron chi connectivity index (χ0n) is 17.0. The van der Waals surface area contributed by atoms with Crippen LogP contribution in [0.2, 0.25) is 0 Å². The topological polar surface area (TPSA) is 73.2 Å². The van der Waals surface area contributed by atoms with Gasteiger partial charge in [0.05, 0.1) is 18.3 Å². The fraction of sp³-hybridized carbons (Fsp3) is 0.174. The maximum absolute atomic E-state index is 13.3. The normalized spacial score (nSPS) is 10.9. The van der Waals surface area contributed by atoms with Crippen molar-refractivity contribution >= 4 is 33.1 Å². The minimum atomic E-state index is -0.345. The van der Waals surface area contributed by atoms with Crippen molar-refractivity contribution in [3.63, 3.8) is 0 Å². The Morgan fingerprint density at radius 1 is 1.16 bits per heavy atom. The number of carbonyl (C=O) groups is 1. The lowest BCUT2D eigenvalue weighted by Crippen LogP contribution is -2.27. The summed E-state index contributed by atoms with van der Waals surface area (Å²) in [7, 11) is 0.